The maximum atomic E-state index is 2.30. The molecule has 2 rings (SSSR count). The molecule has 1 heteroatoms. The Balaban J connectivity index is 0.000000495. The summed E-state index contributed by atoms with van der Waals surface area (Å²) in [6, 6.07) is 6.69. The molecule has 0 saturated carbocycles. The Labute approximate surface area is 167 Å². The van der Waals surface area contributed by atoms with Gasteiger partial charge in [0.15, 0.2) is 0 Å². The second kappa shape index (κ2) is 12.6. The molecule has 25 heavy (non-hydrogen) atoms. The third-order valence-corrected chi connectivity index (χ3v) is 5.29. The molecule has 0 aliphatic carbocycles. The van der Waals surface area contributed by atoms with Crippen LogP contribution in [0.5, 0.6) is 0 Å². The van der Waals surface area contributed by atoms with Gasteiger partial charge in [-0.05, 0) is 0 Å². The summed E-state index contributed by atoms with van der Waals surface area (Å²) in [5.74, 6) is 0. The summed E-state index contributed by atoms with van der Waals surface area (Å²) in [5, 5.41) is 0. The van der Waals surface area contributed by atoms with Crippen LogP contribution in [0.4, 0.5) is 0 Å². The van der Waals surface area contributed by atoms with E-state index in [1.54, 1.807) is 27.8 Å². The van der Waals surface area contributed by atoms with Gasteiger partial charge in [0.05, 0.1) is 0 Å². The summed E-state index contributed by atoms with van der Waals surface area (Å²) in [5.41, 5.74) is 11.2. The zero-order valence-corrected chi connectivity index (χ0v) is 18.6. The molecule has 0 nitrogen and oxygen atoms in total. The van der Waals surface area contributed by atoms with Crippen LogP contribution < -0.4 is 0 Å². The van der Waals surface area contributed by atoms with E-state index in [-0.39, 0.29) is 17.1 Å². The molecule has 0 saturated heterocycles. The van der Waals surface area contributed by atoms with Gasteiger partial charge in [0.2, 0.25) is 0 Å². The Morgan fingerprint density at radius 2 is 1.24 bits per heavy atom. The van der Waals surface area contributed by atoms with Crippen LogP contribution in [-0.4, -0.2) is 0 Å². The van der Waals surface area contributed by atoms with E-state index < -0.39 is 0 Å². The molecular formula is C24H38Fe. The SMILES string of the molecule is CCc1c(CC)c(CC)[c-](CC)c1CC.CCc1c[cH-]c(CC)c1.[Fe+2]. The summed E-state index contributed by atoms with van der Waals surface area (Å²) < 4.78 is 0. The second-order valence-electron chi connectivity index (χ2n) is 6.50. The molecule has 2 aromatic carbocycles. The van der Waals surface area contributed by atoms with Crippen molar-refractivity contribution >= 4 is 0 Å². The Hall–Kier alpha value is -0.781. The van der Waals surface area contributed by atoms with Gasteiger partial charge in [-0.25, -0.2) is 6.07 Å². The van der Waals surface area contributed by atoms with Crippen LogP contribution >= 0.6 is 0 Å². The van der Waals surface area contributed by atoms with Crippen LogP contribution in [0.3, 0.4) is 0 Å². The van der Waals surface area contributed by atoms with Crippen LogP contribution in [0, 0.1) is 0 Å². The fraction of sp³-hybridized carbons (Fsp3) is 0.583. The van der Waals surface area contributed by atoms with Gasteiger partial charge in [0.1, 0.15) is 0 Å². The summed E-state index contributed by atoms with van der Waals surface area (Å²) >= 11 is 0. The van der Waals surface area contributed by atoms with Crippen LogP contribution in [0.15, 0.2) is 18.2 Å². The summed E-state index contributed by atoms with van der Waals surface area (Å²) in [7, 11) is 0. The maximum Gasteiger partial charge on any atom is 2.00 e. The van der Waals surface area contributed by atoms with Gasteiger partial charge in [-0.2, -0.15) is 51.1 Å². The monoisotopic (exact) mass is 382 g/mol. The normalized spacial score (nSPS) is 10.2. The predicted octanol–water partition coefficient (Wildman–Crippen LogP) is 6.75. The molecule has 2 aromatic rings. The first-order valence-corrected chi connectivity index (χ1v) is 10.2. The summed E-state index contributed by atoms with van der Waals surface area (Å²) in [6.45, 7) is 15.9. The molecule has 0 spiro atoms. The molecule has 0 radical (unpaired) electrons. The van der Waals surface area contributed by atoms with E-state index in [1.165, 1.54) is 56.1 Å². The van der Waals surface area contributed by atoms with Gasteiger partial charge in [-0.15, -0.1) is 0 Å². The second-order valence-corrected chi connectivity index (χ2v) is 6.50. The first-order chi connectivity index (χ1) is 11.6. The summed E-state index contributed by atoms with van der Waals surface area (Å²) in [4.78, 5) is 0. The first kappa shape index (κ1) is 24.2. The van der Waals surface area contributed by atoms with Gasteiger partial charge in [-0.3, -0.25) is 0 Å². The molecule has 0 amide bonds. The smallest absolute Gasteiger partial charge is 0.207 e. The van der Waals surface area contributed by atoms with E-state index in [1.807, 2.05) is 0 Å². The quantitative estimate of drug-likeness (QED) is 0.367. The molecule has 0 aromatic heterocycles. The number of hydrogen-bond donors (Lipinski definition) is 0. The van der Waals surface area contributed by atoms with Crippen molar-refractivity contribution in [2.45, 2.75) is 93.4 Å². The average Bonchev–Trinajstić information content (AvgIpc) is 3.22. The minimum atomic E-state index is 0. The van der Waals surface area contributed by atoms with Gasteiger partial charge in [-0.1, -0.05) is 93.4 Å². The van der Waals surface area contributed by atoms with E-state index in [2.05, 4.69) is 66.7 Å². The van der Waals surface area contributed by atoms with Crippen LogP contribution in [-0.2, 0) is 62.0 Å². The molecule has 0 aliphatic heterocycles. The number of rotatable bonds is 7. The van der Waals surface area contributed by atoms with Gasteiger partial charge in [0.25, 0.3) is 0 Å². The molecule has 0 heterocycles. The number of hydrogen-bond acceptors (Lipinski definition) is 0. The van der Waals surface area contributed by atoms with Crippen LogP contribution in [0.1, 0.15) is 87.4 Å². The fourth-order valence-corrected chi connectivity index (χ4v) is 4.03. The Kier molecular flexibility index (Phi) is 12.2. The maximum absolute atomic E-state index is 2.30. The van der Waals surface area contributed by atoms with Crippen molar-refractivity contribution in [3.8, 4) is 0 Å². The average molecular weight is 382 g/mol. The molecule has 142 valence electrons. The Morgan fingerprint density at radius 3 is 1.48 bits per heavy atom. The minimum absolute atomic E-state index is 0. The van der Waals surface area contributed by atoms with Crippen molar-refractivity contribution in [1.29, 1.82) is 0 Å². The Bertz CT molecular complexity index is 487. The van der Waals surface area contributed by atoms with Gasteiger partial charge in [0, 0.05) is 0 Å². The standard InChI is InChI=1S/C15H25.C9H13.Fe/c1-6-11-12(7-2)14(9-4)15(10-5)13(11)8-3;1-3-8-5-6-9(4-2)7-8;/h6-10H2,1-5H3;5-7H,3-4H2,1-2H3;/q2*-1;+2. The summed E-state index contributed by atoms with van der Waals surface area (Å²) in [6.07, 6.45) is 8.37. The van der Waals surface area contributed by atoms with E-state index in [0.29, 0.717) is 0 Å². The van der Waals surface area contributed by atoms with Crippen LogP contribution in [0.2, 0.25) is 0 Å². The van der Waals surface area contributed by atoms with Crippen molar-refractivity contribution < 1.29 is 17.1 Å². The van der Waals surface area contributed by atoms with E-state index in [0.717, 1.165) is 0 Å². The molecule has 0 bridgehead atoms. The van der Waals surface area contributed by atoms with E-state index in [4.69, 9.17) is 0 Å². The van der Waals surface area contributed by atoms with Gasteiger partial charge >= 0.3 is 17.1 Å². The molecule has 0 atom stereocenters. The van der Waals surface area contributed by atoms with E-state index >= 15 is 0 Å². The largest absolute Gasteiger partial charge is 2.00 e. The topological polar surface area (TPSA) is 0 Å². The van der Waals surface area contributed by atoms with Crippen molar-refractivity contribution in [2.75, 3.05) is 0 Å². The molecule has 0 aliphatic rings. The molecule has 0 fully saturated rings. The van der Waals surface area contributed by atoms with Crippen molar-refractivity contribution in [2.24, 2.45) is 0 Å². The van der Waals surface area contributed by atoms with Crippen molar-refractivity contribution in [1.82, 2.24) is 0 Å². The number of aryl methyl sites for hydroxylation is 2. The fourth-order valence-electron chi connectivity index (χ4n) is 4.03. The van der Waals surface area contributed by atoms with Crippen molar-refractivity contribution in [3.05, 3.63) is 57.1 Å². The predicted molar refractivity (Wildman–Crippen MR) is 110 cm³/mol. The van der Waals surface area contributed by atoms with Crippen molar-refractivity contribution in [3.63, 3.8) is 0 Å². The Morgan fingerprint density at radius 1 is 0.720 bits per heavy atom. The van der Waals surface area contributed by atoms with Gasteiger partial charge < -0.3 is 0 Å². The third-order valence-electron chi connectivity index (χ3n) is 5.29. The van der Waals surface area contributed by atoms with E-state index in [9.17, 15) is 0 Å². The molecular weight excluding hydrogens is 344 g/mol. The molecule has 0 unspecified atom stereocenters. The molecule has 0 N–H and O–H groups in total. The minimum Gasteiger partial charge on any atom is -0.207 e. The zero-order valence-electron chi connectivity index (χ0n) is 17.5. The van der Waals surface area contributed by atoms with Crippen LogP contribution in [0.25, 0.3) is 0 Å². The first-order valence-electron chi connectivity index (χ1n) is 10.2. The zero-order chi connectivity index (χ0) is 18.1. The third kappa shape index (κ3) is 5.87.